The molecule has 0 spiro atoms. The van der Waals surface area contributed by atoms with E-state index in [9.17, 15) is 0 Å². The standard InChI is InChI=1S/C12H24N2/c13-12-7-9-14(10-12)8-3-6-11-4-1-2-5-11/h11-12H,1-10,13H2/t12-/m1/s1. The minimum atomic E-state index is 0.460. The summed E-state index contributed by atoms with van der Waals surface area (Å²) < 4.78 is 0. The van der Waals surface area contributed by atoms with Gasteiger partial charge in [-0.25, -0.2) is 0 Å². The van der Waals surface area contributed by atoms with Gasteiger partial charge < -0.3 is 10.6 Å². The van der Waals surface area contributed by atoms with Crippen LogP contribution in [0, 0.1) is 5.92 Å². The van der Waals surface area contributed by atoms with Crippen molar-refractivity contribution in [3.8, 4) is 0 Å². The molecule has 14 heavy (non-hydrogen) atoms. The number of nitrogens with zero attached hydrogens (tertiary/aromatic N) is 1. The molecule has 1 aliphatic carbocycles. The lowest BCUT2D eigenvalue weighted by molar-refractivity contribution is 0.312. The van der Waals surface area contributed by atoms with Gasteiger partial charge in [0.2, 0.25) is 0 Å². The zero-order chi connectivity index (χ0) is 9.80. The predicted octanol–water partition coefficient (Wildman–Crippen LogP) is 1.99. The first-order chi connectivity index (χ1) is 6.84. The highest BCUT2D eigenvalue weighted by Gasteiger charge is 2.19. The summed E-state index contributed by atoms with van der Waals surface area (Å²) in [6, 6.07) is 0.460. The zero-order valence-electron chi connectivity index (χ0n) is 9.25. The van der Waals surface area contributed by atoms with Gasteiger partial charge in [0, 0.05) is 12.6 Å². The number of nitrogens with two attached hydrogens (primary N) is 1. The zero-order valence-corrected chi connectivity index (χ0v) is 9.25. The van der Waals surface area contributed by atoms with E-state index in [1.165, 1.54) is 58.0 Å². The molecule has 0 bridgehead atoms. The van der Waals surface area contributed by atoms with E-state index in [4.69, 9.17) is 5.73 Å². The molecule has 0 aromatic rings. The first-order valence-corrected chi connectivity index (χ1v) is 6.32. The molecular formula is C12H24N2. The second-order valence-corrected chi connectivity index (χ2v) is 5.14. The second kappa shape index (κ2) is 5.13. The maximum Gasteiger partial charge on any atom is 0.0180 e. The highest BCUT2D eigenvalue weighted by Crippen LogP contribution is 2.28. The average Bonchev–Trinajstić information content (AvgIpc) is 2.77. The Morgan fingerprint density at radius 1 is 1.14 bits per heavy atom. The molecule has 0 radical (unpaired) electrons. The molecule has 2 heteroatoms. The minimum Gasteiger partial charge on any atom is -0.326 e. The molecular weight excluding hydrogens is 172 g/mol. The van der Waals surface area contributed by atoms with Crippen molar-refractivity contribution in [2.24, 2.45) is 11.7 Å². The molecule has 1 atom stereocenters. The summed E-state index contributed by atoms with van der Waals surface area (Å²) >= 11 is 0. The smallest absolute Gasteiger partial charge is 0.0180 e. The van der Waals surface area contributed by atoms with E-state index >= 15 is 0 Å². The fourth-order valence-corrected chi connectivity index (χ4v) is 2.97. The van der Waals surface area contributed by atoms with E-state index < -0.39 is 0 Å². The largest absolute Gasteiger partial charge is 0.326 e. The van der Waals surface area contributed by atoms with Gasteiger partial charge >= 0.3 is 0 Å². The van der Waals surface area contributed by atoms with Crippen molar-refractivity contribution in [3.05, 3.63) is 0 Å². The molecule has 1 saturated carbocycles. The highest BCUT2D eigenvalue weighted by molar-refractivity contribution is 4.78. The summed E-state index contributed by atoms with van der Waals surface area (Å²) in [4.78, 5) is 2.54. The van der Waals surface area contributed by atoms with Crippen LogP contribution in [0.3, 0.4) is 0 Å². The van der Waals surface area contributed by atoms with Crippen molar-refractivity contribution in [2.75, 3.05) is 19.6 Å². The van der Waals surface area contributed by atoms with Crippen molar-refractivity contribution >= 4 is 0 Å². The van der Waals surface area contributed by atoms with E-state index in [0.29, 0.717) is 6.04 Å². The quantitative estimate of drug-likeness (QED) is 0.745. The number of hydrogen-bond donors (Lipinski definition) is 1. The van der Waals surface area contributed by atoms with Gasteiger partial charge in [0.15, 0.2) is 0 Å². The number of rotatable bonds is 4. The lowest BCUT2D eigenvalue weighted by atomic mass is 10.0. The van der Waals surface area contributed by atoms with Crippen molar-refractivity contribution in [3.63, 3.8) is 0 Å². The fourth-order valence-electron chi connectivity index (χ4n) is 2.97. The summed E-state index contributed by atoms with van der Waals surface area (Å²) in [6.07, 6.45) is 10.0. The average molecular weight is 196 g/mol. The molecule has 1 saturated heterocycles. The van der Waals surface area contributed by atoms with Crippen LogP contribution in [-0.2, 0) is 0 Å². The van der Waals surface area contributed by atoms with Crippen molar-refractivity contribution in [2.45, 2.75) is 51.0 Å². The summed E-state index contributed by atoms with van der Waals surface area (Å²) in [5.74, 6) is 1.06. The molecule has 2 aliphatic rings. The Morgan fingerprint density at radius 3 is 2.57 bits per heavy atom. The lowest BCUT2D eigenvalue weighted by Crippen LogP contribution is -2.27. The van der Waals surface area contributed by atoms with Crippen LogP contribution in [-0.4, -0.2) is 30.6 Å². The Hall–Kier alpha value is -0.0800. The first kappa shape index (κ1) is 10.4. The van der Waals surface area contributed by atoms with Crippen molar-refractivity contribution in [1.82, 2.24) is 4.90 Å². The van der Waals surface area contributed by atoms with Crippen LogP contribution >= 0.6 is 0 Å². The third-order valence-electron chi connectivity index (χ3n) is 3.87. The van der Waals surface area contributed by atoms with Crippen LogP contribution in [0.25, 0.3) is 0 Å². The van der Waals surface area contributed by atoms with Crippen LogP contribution < -0.4 is 5.73 Å². The maximum absolute atomic E-state index is 5.88. The van der Waals surface area contributed by atoms with E-state index in [-0.39, 0.29) is 0 Å². The first-order valence-electron chi connectivity index (χ1n) is 6.32. The number of hydrogen-bond acceptors (Lipinski definition) is 2. The predicted molar refractivity (Wildman–Crippen MR) is 60.2 cm³/mol. The number of likely N-dealkylation sites (tertiary alicyclic amines) is 1. The molecule has 0 unspecified atom stereocenters. The molecule has 2 fully saturated rings. The Kier molecular flexibility index (Phi) is 3.82. The van der Waals surface area contributed by atoms with Crippen molar-refractivity contribution in [1.29, 1.82) is 0 Å². The summed E-state index contributed by atoms with van der Waals surface area (Å²) in [7, 11) is 0. The van der Waals surface area contributed by atoms with Gasteiger partial charge in [-0.05, 0) is 38.3 Å². The van der Waals surface area contributed by atoms with Crippen LogP contribution in [0.1, 0.15) is 44.9 Å². The van der Waals surface area contributed by atoms with Gasteiger partial charge in [0.25, 0.3) is 0 Å². The Bertz CT molecular complexity index is 164. The molecule has 1 heterocycles. The molecule has 2 rings (SSSR count). The maximum atomic E-state index is 5.88. The lowest BCUT2D eigenvalue weighted by Gasteiger charge is -2.16. The topological polar surface area (TPSA) is 29.3 Å². The Morgan fingerprint density at radius 2 is 1.93 bits per heavy atom. The summed E-state index contributed by atoms with van der Waals surface area (Å²) in [5, 5.41) is 0. The highest BCUT2D eigenvalue weighted by atomic mass is 15.2. The summed E-state index contributed by atoms with van der Waals surface area (Å²) in [5.41, 5.74) is 5.88. The molecule has 0 amide bonds. The van der Waals surface area contributed by atoms with Gasteiger partial charge in [0.1, 0.15) is 0 Å². The van der Waals surface area contributed by atoms with Gasteiger partial charge in [-0.2, -0.15) is 0 Å². The normalized spacial score (nSPS) is 30.2. The van der Waals surface area contributed by atoms with Crippen LogP contribution in [0.4, 0.5) is 0 Å². The minimum absolute atomic E-state index is 0.460. The fraction of sp³-hybridized carbons (Fsp3) is 1.00. The summed E-state index contributed by atoms with van der Waals surface area (Å²) in [6.45, 7) is 3.68. The Labute approximate surface area is 87.8 Å². The van der Waals surface area contributed by atoms with Gasteiger partial charge in [-0.1, -0.05) is 25.7 Å². The molecule has 0 aromatic heterocycles. The monoisotopic (exact) mass is 196 g/mol. The third-order valence-corrected chi connectivity index (χ3v) is 3.87. The van der Waals surface area contributed by atoms with Gasteiger partial charge in [-0.15, -0.1) is 0 Å². The van der Waals surface area contributed by atoms with Gasteiger partial charge in [-0.3, -0.25) is 0 Å². The molecule has 1 aliphatic heterocycles. The van der Waals surface area contributed by atoms with Gasteiger partial charge in [0.05, 0.1) is 0 Å². The van der Waals surface area contributed by atoms with E-state index in [0.717, 1.165) is 12.5 Å². The van der Waals surface area contributed by atoms with Crippen LogP contribution in [0.5, 0.6) is 0 Å². The molecule has 2 N–H and O–H groups in total. The molecule has 2 nitrogen and oxygen atoms in total. The van der Waals surface area contributed by atoms with Crippen LogP contribution in [0.2, 0.25) is 0 Å². The van der Waals surface area contributed by atoms with Crippen molar-refractivity contribution < 1.29 is 0 Å². The molecule has 0 aromatic carbocycles. The SMILES string of the molecule is N[C@@H]1CCN(CCCC2CCCC2)C1. The van der Waals surface area contributed by atoms with E-state index in [1.807, 2.05) is 0 Å². The third kappa shape index (κ3) is 2.96. The van der Waals surface area contributed by atoms with Crippen LogP contribution in [0.15, 0.2) is 0 Å². The Balaban J connectivity index is 1.54. The van der Waals surface area contributed by atoms with E-state index in [2.05, 4.69) is 4.90 Å². The molecule has 82 valence electrons. The second-order valence-electron chi connectivity index (χ2n) is 5.14. The van der Waals surface area contributed by atoms with E-state index in [1.54, 1.807) is 0 Å².